The summed E-state index contributed by atoms with van der Waals surface area (Å²) in [6, 6.07) is 6.43. The van der Waals surface area contributed by atoms with Gasteiger partial charge in [0.1, 0.15) is 10.7 Å². The highest BCUT2D eigenvalue weighted by atomic mass is 35.5. The molecular formula is C17H10ClF4N3O4. The van der Waals surface area contributed by atoms with Crippen LogP contribution < -0.4 is 16.0 Å². The van der Waals surface area contributed by atoms with Crippen LogP contribution in [-0.2, 0) is 13.2 Å². The molecule has 0 aliphatic heterocycles. The minimum atomic E-state index is -4.97. The number of ether oxygens (including phenoxy) is 1. The number of phenols is 1. The molecule has 0 saturated heterocycles. The van der Waals surface area contributed by atoms with Crippen LogP contribution in [0.4, 0.5) is 17.6 Å². The molecule has 1 N–H and O–H groups in total. The first kappa shape index (κ1) is 20.4. The normalized spacial score (nSPS) is 11.5. The van der Waals surface area contributed by atoms with Crippen molar-refractivity contribution in [2.45, 2.75) is 6.18 Å². The number of phenolic OH excluding ortho intramolecular Hbond substituents is 1. The Morgan fingerprint density at radius 1 is 1.17 bits per heavy atom. The average molecular weight is 432 g/mol. The molecule has 0 spiro atoms. The highest BCUT2D eigenvalue weighted by Crippen LogP contribution is 2.34. The topological polar surface area (TPSA) is 86.3 Å². The summed E-state index contributed by atoms with van der Waals surface area (Å²) in [5.41, 5.74) is -4.45. The molecule has 12 heteroatoms. The molecule has 0 fully saturated rings. The van der Waals surface area contributed by atoms with Crippen LogP contribution in [0, 0.1) is 5.82 Å². The molecule has 3 rings (SSSR count). The van der Waals surface area contributed by atoms with Gasteiger partial charge in [-0.3, -0.25) is 9.36 Å². The number of para-hydroxylation sites is 2. The van der Waals surface area contributed by atoms with Gasteiger partial charge < -0.3 is 9.84 Å². The van der Waals surface area contributed by atoms with Crippen LogP contribution in [0.5, 0.6) is 17.4 Å². The number of nitrogens with zero attached hydrogens (tertiary/aromatic N) is 3. The molecule has 29 heavy (non-hydrogen) atoms. The van der Waals surface area contributed by atoms with E-state index < -0.39 is 40.6 Å². The summed E-state index contributed by atoms with van der Waals surface area (Å²) < 4.78 is 58.8. The second-order valence-electron chi connectivity index (χ2n) is 5.69. The van der Waals surface area contributed by atoms with Gasteiger partial charge in [-0.1, -0.05) is 23.7 Å². The monoisotopic (exact) mass is 431 g/mol. The zero-order valence-electron chi connectivity index (χ0n) is 14.4. The number of halogens is 5. The van der Waals surface area contributed by atoms with Crippen LogP contribution in [0.1, 0.15) is 5.69 Å². The maximum absolute atomic E-state index is 14.4. The van der Waals surface area contributed by atoms with E-state index in [4.69, 9.17) is 16.3 Å². The molecule has 2 heterocycles. The second-order valence-corrected chi connectivity index (χ2v) is 6.10. The van der Waals surface area contributed by atoms with E-state index in [2.05, 4.69) is 4.98 Å². The lowest BCUT2D eigenvalue weighted by atomic mass is 10.3. The van der Waals surface area contributed by atoms with E-state index >= 15 is 0 Å². The van der Waals surface area contributed by atoms with Gasteiger partial charge in [-0.2, -0.15) is 18.2 Å². The van der Waals surface area contributed by atoms with Crippen molar-refractivity contribution in [1.82, 2.24) is 14.1 Å². The van der Waals surface area contributed by atoms with Gasteiger partial charge in [0.2, 0.25) is 5.88 Å². The third kappa shape index (κ3) is 3.81. The molecule has 0 atom stereocenters. The number of alkyl halides is 3. The summed E-state index contributed by atoms with van der Waals surface area (Å²) in [4.78, 5) is 28.1. The smallest absolute Gasteiger partial charge is 0.431 e. The van der Waals surface area contributed by atoms with Crippen molar-refractivity contribution in [2.24, 2.45) is 7.05 Å². The fraction of sp³-hybridized carbons (Fsp3) is 0.118. The van der Waals surface area contributed by atoms with E-state index in [1.54, 1.807) is 0 Å². The van der Waals surface area contributed by atoms with Crippen LogP contribution >= 0.6 is 11.6 Å². The number of aromatic nitrogens is 3. The molecule has 0 unspecified atom stereocenters. The fourth-order valence-electron chi connectivity index (χ4n) is 2.41. The summed E-state index contributed by atoms with van der Waals surface area (Å²) in [6.45, 7) is 0. The summed E-state index contributed by atoms with van der Waals surface area (Å²) in [5, 5.41) is 9.38. The fourth-order valence-corrected chi connectivity index (χ4v) is 2.59. The Kier molecular flexibility index (Phi) is 5.09. The molecule has 152 valence electrons. The lowest BCUT2D eigenvalue weighted by Gasteiger charge is -2.15. The average Bonchev–Trinajstić information content (AvgIpc) is 2.62. The summed E-state index contributed by atoms with van der Waals surface area (Å²) >= 11 is 5.86. The Hall–Kier alpha value is -3.34. The molecule has 7 nitrogen and oxygen atoms in total. The Labute approximate surface area is 164 Å². The second kappa shape index (κ2) is 7.24. The van der Waals surface area contributed by atoms with E-state index in [0.29, 0.717) is 6.07 Å². The first-order valence-electron chi connectivity index (χ1n) is 7.73. The van der Waals surface area contributed by atoms with Gasteiger partial charge in [0.15, 0.2) is 23.1 Å². The molecular weight excluding hydrogens is 422 g/mol. The van der Waals surface area contributed by atoms with Gasteiger partial charge in [-0.25, -0.2) is 13.8 Å². The van der Waals surface area contributed by atoms with E-state index in [1.807, 2.05) is 0 Å². The van der Waals surface area contributed by atoms with E-state index in [-0.39, 0.29) is 31.7 Å². The van der Waals surface area contributed by atoms with Crippen molar-refractivity contribution in [3.63, 3.8) is 0 Å². The lowest BCUT2D eigenvalue weighted by molar-refractivity contribution is -0.144. The summed E-state index contributed by atoms with van der Waals surface area (Å²) in [6.07, 6.45) is -4.97. The predicted octanol–water partition coefficient (Wildman–Crippen LogP) is 3.24. The summed E-state index contributed by atoms with van der Waals surface area (Å²) in [5.74, 6) is -3.08. The molecule has 0 aliphatic carbocycles. The molecule has 0 saturated carbocycles. The van der Waals surface area contributed by atoms with E-state index in [1.165, 1.54) is 24.3 Å². The van der Waals surface area contributed by atoms with Crippen molar-refractivity contribution in [2.75, 3.05) is 0 Å². The maximum atomic E-state index is 14.4. The lowest BCUT2D eigenvalue weighted by Crippen LogP contribution is -2.41. The van der Waals surface area contributed by atoms with Gasteiger partial charge in [0, 0.05) is 19.2 Å². The third-order valence-electron chi connectivity index (χ3n) is 3.77. The molecule has 0 radical (unpaired) electrons. The van der Waals surface area contributed by atoms with Crippen LogP contribution in [0.2, 0.25) is 5.02 Å². The van der Waals surface area contributed by atoms with Crippen molar-refractivity contribution in [1.29, 1.82) is 0 Å². The third-order valence-corrected chi connectivity index (χ3v) is 4.04. The number of aromatic hydroxyl groups is 1. The van der Waals surface area contributed by atoms with Crippen molar-refractivity contribution in [3.05, 3.63) is 73.8 Å². The Morgan fingerprint density at radius 2 is 1.83 bits per heavy atom. The Bertz CT molecular complexity index is 1220. The van der Waals surface area contributed by atoms with Crippen molar-refractivity contribution in [3.8, 4) is 23.2 Å². The Morgan fingerprint density at radius 3 is 2.45 bits per heavy atom. The van der Waals surface area contributed by atoms with Gasteiger partial charge in [-0.05, 0) is 12.1 Å². The predicted molar refractivity (Wildman–Crippen MR) is 93.2 cm³/mol. The zero-order valence-corrected chi connectivity index (χ0v) is 15.1. The number of hydrogen-bond donors (Lipinski definition) is 1. The number of benzene rings is 1. The van der Waals surface area contributed by atoms with Crippen molar-refractivity contribution >= 4 is 11.6 Å². The highest BCUT2D eigenvalue weighted by Gasteiger charge is 2.35. The minimum absolute atomic E-state index is 0.110. The summed E-state index contributed by atoms with van der Waals surface area (Å²) in [7, 11) is 0.772. The maximum Gasteiger partial charge on any atom is 0.431 e. The number of pyridine rings is 1. The largest absolute Gasteiger partial charge is 0.504 e. The van der Waals surface area contributed by atoms with Crippen molar-refractivity contribution < 1.29 is 27.4 Å². The zero-order chi connectivity index (χ0) is 21.5. The molecule has 0 amide bonds. The minimum Gasteiger partial charge on any atom is -0.504 e. The standard InChI is InChI=1S/C17H10ClF4N3O4/c1-24-12(17(20,21)22)7-13(27)25(16(24)28)14-9(19)6-8(18)15(23-14)29-11-5-3-2-4-10(11)26/h2-7,26H,1H3. The van der Waals surface area contributed by atoms with E-state index in [0.717, 1.165) is 7.05 Å². The van der Waals surface area contributed by atoms with Crippen LogP contribution in [0.25, 0.3) is 5.82 Å². The van der Waals surface area contributed by atoms with Crippen LogP contribution in [-0.4, -0.2) is 19.2 Å². The van der Waals surface area contributed by atoms with Crippen LogP contribution in [0.3, 0.4) is 0 Å². The molecule has 0 bridgehead atoms. The van der Waals surface area contributed by atoms with Gasteiger partial charge in [0.05, 0.1) is 0 Å². The molecule has 1 aromatic carbocycles. The molecule has 2 aromatic heterocycles. The first-order chi connectivity index (χ1) is 13.5. The Balaban J connectivity index is 2.20. The highest BCUT2D eigenvalue weighted by molar-refractivity contribution is 6.31. The van der Waals surface area contributed by atoms with Gasteiger partial charge in [-0.15, -0.1) is 0 Å². The first-order valence-corrected chi connectivity index (χ1v) is 8.11. The number of hydrogen-bond acceptors (Lipinski definition) is 5. The quantitative estimate of drug-likeness (QED) is 0.643. The SMILES string of the molecule is Cn1c(C(F)(F)F)cc(=O)n(-c2nc(Oc3ccccc3O)c(Cl)cc2F)c1=O. The molecule has 0 aliphatic rings. The van der Waals surface area contributed by atoms with Gasteiger partial charge in [0.25, 0.3) is 5.56 Å². The van der Waals surface area contributed by atoms with Crippen LogP contribution in [0.15, 0.2) is 46.0 Å². The van der Waals surface area contributed by atoms with E-state index in [9.17, 15) is 32.3 Å². The number of rotatable bonds is 3. The molecule has 3 aromatic rings. The van der Waals surface area contributed by atoms with Gasteiger partial charge >= 0.3 is 11.9 Å².